The molecule has 2 atom stereocenters. The highest BCUT2D eigenvalue weighted by Gasteiger charge is 2.49. The van der Waals surface area contributed by atoms with Crippen LogP contribution in [0.25, 0.3) is 0 Å². The third kappa shape index (κ3) is 3.00. The van der Waals surface area contributed by atoms with Crippen LogP contribution in [0.3, 0.4) is 0 Å². The first-order chi connectivity index (χ1) is 8.97. The minimum atomic E-state index is -1.14. The van der Waals surface area contributed by atoms with E-state index < -0.39 is 11.5 Å². The van der Waals surface area contributed by atoms with Crippen molar-refractivity contribution in [2.75, 3.05) is 19.7 Å². The average molecular weight is 270 g/mol. The molecule has 2 rings (SSSR count). The van der Waals surface area contributed by atoms with Crippen LogP contribution in [0, 0.1) is 5.92 Å². The number of morpholine rings is 1. The molecule has 6 nitrogen and oxygen atoms in total. The van der Waals surface area contributed by atoms with Crippen molar-refractivity contribution < 1.29 is 19.4 Å². The predicted octanol–water partition coefficient (Wildman–Crippen LogP) is 1.06. The summed E-state index contributed by atoms with van der Waals surface area (Å²) in [5.41, 5.74) is -1.14. The molecule has 1 aliphatic carbocycles. The number of hydrogen-bond acceptors (Lipinski definition) is 3. The number of nitrogens with one attached hydrogen (secondary N) is 1. The minimum absolute atomic E-state index is 0.0523. The molecule has 108 valence electrons. The molecule has 2 amide bonds. The lowest BCUT2D eigenvalue weighted by Gasteiger charge is -2.35. The van der Waals surface area contributed by atoms with Gasteiger partial charge in [-0.25, -0.2) is 9.59 Å². The van der Waals surface area contributed by atoms with Gasteiger partial charge in [-0.05, 0) is 32.1 Å². The Morgan fingerprint density at radius 2 is 2.16 bits per heavy atom. The fourth-order valence-electron chi connectivity index (χ4n) is 2.44. The van der Waals surface area contributed by atoms with E-state index in [2.05, 4.69) is 5.32 Å². The van der Waals surface area contributed by atoms with E-state index in [9.17, 15) is 14.7 Å². The number of hydrogen-bond donors (Lipinski definition) is 2. The second kappa shape index (κ2) is 5.36. The summed E-state index contributed by atoms with van der Waals surface area (Å²) in [6.07, 6.45) is 2.63. The first kappa shape index (κ1) is 14.1. The first-order valence-corrected chi connectivity index (χ1v) is 6.89. The summed E-state index contributed by atoms with van der Waals surface area (Å²) < 4.78 is 5.51. The van der Waals surface area contributed by atoms with E-state index in [0.29, 0.717) is 19.7 Å². The molecule has 0 spiro atoms. The van der Waals surface area contributed by atoms with Crippen LogP contribution in [0.1, 0.15) is 33.1 Å². The third-order valence-electron chi connectivity index (χ3n) is 4.09. The highest BCUT2D eigenvalue weighted by Crippen LogP contribution is 2.39. The summed E-state index contributed by atoms with van der Waals surface area (Å²) in [4.78, 5) is 25.2. The van der Waals surface area contributed by atoms with Crippen molar-refractivity contribution in [1.29, 1.82) is 0 Å². The van der Waals surface area contributed by atoms with Gasteiger partial charge < -0.3 is 20.1 Å². The van der Waals surface area contributed by atoms with E-state index in [1.807, 2.05) is 6.92 Å². The van der Waals surface area contributed by atoms with Gasteiger partial charge in [-0.3, -0.25) is 0 Å². The Bertz CT molecular complexity index is 370. The van der Waals surface area contributed by atoms with E-state index in [0.717, 1.165) is 19.3 Å². The van der Waals surface area contributed by atoms with Crippen molar-refractivity contribution in [1.82, 2.24) is 10.2 Å². The van der Waals surface area contributed by atoms with Gasteiger partial charge in [0.25, 0.3) is 0 Å². The lowest BCUT2D eigenvalue weighted by molar-refractivity contribution is -0.144. The van der Waals surface area contributed by atoms with Crippen molar-refractivity contribution in [3.8, 4) is 0 Å². The maximum atomic E-state index is 12.2. The maximum Gasteiger partial charge on any atom is 0.329 e. The van der Waals surface area contributed by atoms with Crippen molar-refractivity contribution in [3.63, 3.8) is 0 Å². The zero-order valence-corrected chi connectivity index (χ0v) is 11.5. The SMILES string of the molecule is CCC1CN(C(=O)NC(C)(C(=O)O)C2CC2)CCO1. The number of carbonyl (C=O) groups is 2. The third-order valence-corrected chi connectivity index (χ3v) is 4.09. The van der Waals surface area contributed by atoms with E-state index in [1.165, 1.54) is 0 Å². The average Bonchev–Trinajstić information content (AvgIpc) is 3.23. The Balaban J connectivity index is 1.97. The minimum Gasteiger partial charge on any atom is -0.480 e. The van der Waals surface area contributed by atoms with Crippen LogP contribution in [-0.4, -0.2) is 53.3 Å². The molecule has 1 saturated carbocycles. The molecule has 2 unspecified atom stereocenters. The number of urea groups is 1. The van der Waals surface area contributed by atoms with E-state index in [4.69, 9.17) is 4.74 Å². The van der Waals surface area contributed by atoms with Crippen molar-refractivity contribution >= 4 is 12.0 Å². The molecule has 0 bridgehead atoms. The Kier molecular flexibility index (Phi) is 3.99. The highest BCUT2D eigenvalue weighted by molar-refractivity contribution is 5.86. The Hall–Kier alpha value is -1.30. The Morgan fingerprint density at radius 1 is 1.47 bits per heavy atom. The van der Waals surface area contributed by atoms with Gasteiger partial charge in [0, 0.05) is 13.1 Å². The molecule has 0 aromatic carbocycles. The quantitative estimate of drug-likeness (QED) is 0.800. The van der Waals surface area contributed by atoms with Gasteiger partial charge in [0.2, 0.25) is 0 Å². The molecule has 0 aromatic heterocycles. The molecule has 6 heteroatoms. The molecule has 1 saturated heterocycles. The zero-order valence-electron chi connectivity index (χ0n) is 11.5. The molecule has 2 aliphatic rings. The van der Waals surface area contributed by atoms with E-state index in [-0.39, 0.29) is 18.1 Å². The molecule has 1 aliphatic heterocycles. The van der Waals surface area contributed by atoms with E-state index >= 15 is 0 Å². The molecular weight excluding hydrogens is 248 g/mol. The highest BCUT2D eigenvalue weighted by atomic mass is 16.5. The second-order valence-electron chi connectivity index (χ2n) is 5.56. The summed E-state index contributed by atoms with van der Waals surface area (Å²) in [5.74, 6) is -0.902. The summed E-state index contributed by atoms with van der Waals surface area (Å²) >= 11 is 0. The van der Waals surface area contributed by atoms with Crippen LogP contribution in [-0.2, 0) is 9.53 Å². The zero-order chi connectivity index (χ0) is 14.0. The largest absolute Gasteiger partial charge is 0.480 e. The van der Waals surface area contributed by atoms with Crippen LogP contribution in [0.5, 0.6) is 0 Å². The van der Waals surface area contributed by atoms with Crippen LogP contribution < -0.4 is 5.32 Å². The molecular formula is C13H22N2O4. The van der Waals surface area contributed by atoms with Crippen LogP contribution >= 0.6 is 0 Å². The molecule has 0 radical (unpaired) electrons. The maximum absolute atomic E-state index is 12.2. The topological polar surface area (TPSA) is 78.9 Å². The number of carboxylic acids is 1. The van der Waals surface area contributed by atoms with E-state index in [1.54, 1.807) is 11.8 Å². The normalized spacial score (nSPS) is 26.6. The van der Waals surface area contributed by atoms with Gasteiger partial charge in [0.15, 0.2) is 0 Å². The number of carboxylic acid groups (broad SMARTS) is 1. The van der Waals surface area contributed by atoms with Crippen molar-refractivity contribution in [2.24, 2.45) is 5.92 Å². The monoisotopic (exact) mass is 270 g/mol. The van der Waals surface area contributed by atoms with Gasteiger partial charge in [0.05, 0.1) is 12.7 Å². The summed E-state index contributed by atoms with van der Waals surface area (Å²) in [5, 5.41) is 12.0. The summed E-state index contributed by atoms with van der Waals surface area (Å²) in [6, 6.07) is -0.293. The standard InChI is InChI=1S/C13H22N2O4/c1-3-10-8-15(6-7-19-10)12(18)14-13(2,11(16)17)9-4-5-9/h9-10H,3-8H2,1-2H3,(H,14,18)(H,16,17). The van der Waals surface area contributed by atoms with Crippen LogP contribution in [0.2, 0.25) is 0 Å². The number of rotatable bonds is 4. The fourth-order valence-corrected chi connectivity index (χ4v) is 2.44. The van der Waals surface area contributed by atoms with Crippen molar-refractivity contribution in [2.45, 2.75) is 44.8 Å². The molecule has 19 heavy (non-hydrogen) atoms. The van der Waals surface area contributed by atoms with Crippen LogP contribution in [0.15, 0.2) is 0 Å². The lowest BCUT2D eigenvalue weighted by atomic mass is 9.96. The second-order valence-corrected chi connectivity index (χ2v) is 5.56. The number of nitrogens with zero attached hydrogens (tertiary/aromatic N) is 1. The Morgan fingerprint density at radius 3 is 2.68 bits per heavy atom. The van der Waals surface area contributed by atoms with Gasteiger partial charge in [-0.2, -0.15) is 0 Å². The molecule has 2 N–H and O–H groups in total. The Labute approximate surface area is 113 Å². The molecule has 1 heterocycles. The van der Waals surface area contributed by atoms with Crippen molar-refractivity contribution in [3.05, 3.63) is 0 Å². The number of carbonyl (C=O) groups excluding carboxylic acids is 1. The van der Waals surface area contributed by atoms with Gasteiger partial charge >= 0.3 is 12.0 Å². The van der Waals surface area contributed by atoms with Gasteiger partial charge in [0.1, 0.15) is 5.54 Å². The fraction of sp³-hybridized carbons (Fsp3) is 0.846. The first-order valence-electron chi connectivity index (χ1n) is 6.89. The summed E-state index contributed by atoms with van der Waals surface area (Å²) in [7, 11) is 0. The van der Waals surface area contributed by atoms with Gasteiger partial charge in [-0.1, -0.05) is 6.92 Å². The predicted molar refractivity (Wildman–Crippen MR) is 68.9 cm³/mol. The number of aliphatic carboxylic acids is 1. The summed E-state index contributed by atoms with van der Waals surface area (Å²) in [6.45, 7) is 5.17. The number of ether oxygens (including phenoxy) is 1. The van der Waals surface area contributed by atoms with Gasteiger partial charge in [-0.15, -0.1) is 0 Å². The van der Waals surface area contributed by atoms with Crippen LogP contribution in [0.4, 0.5) is 4.79 Å². The smallest absolute Gasteiger partial charge is 0.329 e. The molecule has 0 aromatic rings. The molecule has 2 fully saturated rings. The number of amides is 2. The lowest BCUT2D eigenvalue weighted by Crippen LogP contribution is -2.59.